The molecule has 0 atom stereocenters. The molecule has 1 saturated heterocycles. The van der Waals surface area contributed by atoms with Crippen LogP contribution in [0.1, 0.15) is 25.7 Å². The molecule has 1 aliphatic rings. The van der Waals surface area contributed by atoms with Crippen LogP contribution < -0.4 is 20.7 Å². The molecule has 8 nitrogen and oxygen atoms in total. The van der Waals surface area contributed by atoms with Gasteiger partial charge in [0, 0.05) is 18.3 Å². The lowest BCUT2D eigenvalue weighted by atomic mass is 9.93. The van der Waals surface area contributed by atoms with Gasteiger partial charge in [0.15, 0.2) is 0 Å². The van der Waals surface area contributed by atoms with Gasteiger partial charge in [-0.25, -0.2) is 0 Å². The van der Waals surface area contributed by atoms with Crippen LogP contribution in [0.2, 0.25) is 0 Å². The van der Waals surface area contributed by atoms with Crippen molar-refractivity contribution in [1.82, 2.24) is 15.1 Å². The van der Waals surface area contributed by atoms with E-state index < -0.39 is 0 Å². The molecular formula is C20H27N5O3. The van der Waals surface area contributed by atoms with E-state index in [4.69, 9.17) is 4.74 Å². The van der Waals surface area contributed by atoms with Crippen LogP contribution in [0.15, 0.2) is 36.7 Å². The van der Waals surface area contributed by atoms with E-state index in [1.165, 1.54) is 4.68 Å². The minimum Gasteiger partial charge on any atom is -0.497 e. The standard InChI is InChI=1S/C20H27N5O3/c1-28-18-5-3-16(4-6-18)23-20(27)14-25-13-17(12-22-25)24-19(26)7-2-15-8-10-21-11-9-15/h3-6,12-13,15,21H,2,7-11,14H2,1H3,(H,23,27)(H,24,26). The van der Waals surface area contributed by atoms with Crippen LogP contribution in [-0.2, 0) is 16.1 Å². The van der Waals surface area contributed by atoms with Crippen molar-refractivity contribution in [2.24, 2.45) is 5.92 Å². The van der Waals surface area contributed by atoms with Crippen molar-refractivity contribution < 1.29 is 14.3 Å². The van der Waals surface area contributed by atoms with Crippen molar-refractivity contribution in [1.29, 1.82) is 0 Å². The lowest BCUT2D eigenvalue weighted by molar-refractivity contribution is -0.117. The Morgan fingerprint density at radius 3 is 2.57 bits per heavy atom. The van der Waals surface area contributed by atoms with Crippen molar-refractivity contribution >= 4 is 23.2 Å². The van der Waals surface area contributed by atoms with Gasteiger partial charge in [0.1, 0.15) is 12.3 Å². The molecule has 150 valence electrons. The molecule has 1 aromatic carbocycles. The first-order chi connectivity index (χ1) is 13.6. The first kappa shape index (κ1) is 19.9. The van der Waals surface area contributed by atoms with Gasteiger partial charge in [-0.05, 0) is 62.5 Å². The number of nitrogens with one attached hydrogen (secondary N) is 3. The van der Waals surface area contributed by atoms with Crippen molar-refractivity contribution in [3.05, 3.63) is 36.7 Å². The second kappa shape index (κ2) is 9.89. The number of benzene rings is 1. The van der Waals surface area contributed by atoms with E-state index in [0.29, 0.717) is 23.7 Å². The smallest absolute Gasteiger partial charge is 0.246 e. The lowest BCUT2D eigenvalue weighted by Crippen LogP contribution is -2.28. The zero-order chi connectivity index (χ0) is 19.8. The molecule has 2 amide bonds. The number of nitrogens with zero attached hydrogens (tertiary/aromatic N) is 2. The number of aromatic nitrogens is 2. The molecule has 0 unspecified atom stereocenters. The van der Waals surface area contributed by atoms with Crippen molar-refractivity contribution in [3.8, 4) is 5.75 Å². The molecule has 1 aromatic heterocycles. The summed E-state index contributed by atoms with van der Waals surface area (Å²) in [5, 5.41) is 13.1. The molecular weight excluding hydrogens is 358 g/mol. The molecule has 0 aliphatic carbocycles. The molecule has 0 bridgehead atoms. The average Bonchev–Trinajstić information content (AvgIpc) is 3.14. The number of rotatable bonds is 8. The van der Waals surface area contributed by atoms with Gasteiger partial charge < -0.3 is 20.7 Å². The summed E-state index contributed by atoms with van der Waals surface area (Å²) in [4.78, 5) is 24.3. The van der Waals surface area contributed by atoms with Crippen LogP contribution in [-0.4, -0.2) is 41.8 Å². The van der Waals surface area contributed by atoms with Crippen LogP contribution in [0.3, 0.4) is 0 Å². The number of anilines is 2. The van der Waals surface area contributed by atoms with Crippen LogP contribution in [0, 0.1) is 5.92 Å². The summed E-state index contributed by atoms with van der Waals surface area (Å²) in [6.07, 6.45) is 6.90. The Kier molecular flexibility index (Phi) is 7.02. The summed E-state index contributed by atoms with van der Waals surface area (Å²) in [5.41, 5.74) is 1.29. The highest BCUT2D eigenvalue weighted by Crippen LogP contribution is 2.18. The van der Waals surface area contributed by atoms with Gasteiger partial charge in [-0.15, -0.1) is 0 Å². The Balaban J connectivity index is 1.42. The van der Waals surface area contributed by atoms with E-state index in [2.05, 4.69) is 21.0 Å². The summed E-state index contributed by atoms with van der Waals surface area (Å²) in [6, 6.07) is 7.10. The molecule has 0 radical (unpaired) electrons. The summed E-state index contributed by atoms with van der Waals surface area (Å²) in [5.74, 6) is 1.14. The SMILES string of the molecule is COc1ccc(NC(=O)Cn2cc(NC(=O)CCC3CCNCC3)cn2)cc1. The van der Waals surface area contributed by atoms with Crippen molar-refractivity contribution in [3.63, 3.8) is 0 Å². The summed E-state index contributed by atoms with van der Waals surface area (Å²) >= 11 is 0. The van der Waals surface area contributed by atoms with Crippen LogP contribution in [0.4, 0.5) is 11.4 Å². The molecule has 2 aromatic rings. The normalized spacial score (nSPS) is 14.5. The van der Waals surface area contributed by atoms with Crippen molar-refractivity contribution in [2.75, 3.05) is 30.8 Å². The van der Waals surface area contributed by atoms with E-state index >= 15 is 0 Å². The molecule has 28 heavy (non-hydrogen) atoms. The molecule has 0 spiro atoms. The number of hydrogen-bond acceptors (Lipinski definition) is 5. The van der Waals surface area contributed by atoms with E-state index in [9.17, 15) is 9.59 Å². The predicted octanol–water partition coefficient (Wildman–Crippen LogP) is 2.25. The summed E-state index contributed by atoms with van der Waals surface area (Å²) in [6.45, 7) is 2.15. The zero-order valence-electron chi connectivity index (χ0n) is 16.1. The van der Waals surface area contributed by atoms with Gasteiger partial charge in [-0.2, -0.15) is 5.10 Å². The first-order valence-electron chi connectivity index (χ1n) is 9.59. The number of carbonyl (C=O) groups is 2. The molecule has 2 heterocycles. The Hall–Kier alpha value is -2.87. The maximum Gasteiger partial charge on any atom is 0.246 e. The second-order valence-electron chi connectivity index (χ2n) is 6.98. The Bertz CT molecular complexity index is 781. The summed E-state index contributed by atoms with van der Waals surface area (Å²) < 4.78 is 6.59. The highest BCUT2D eigenvalue weighted by molar-refractivity contribution is 5.91. The molecule has 1 aliphatic heterocycles. The lowest BCUT2D eigenvalue weighted by Gasteiger charge is -2.22. The van der Waals surface area contributed by atoms with Gasteiger partial charge in [0.2, 0.25) is 11.8 Å². The maximum atomic E-state index is 12.1. The Labute approximate surface area is 164 Å². The van der Waals surface area contributed by atoms with E-state index in [-0.39, 0.29) is 18.4 Å². The quantitative estimate of drug-likeness (QED) is 0.648. The number of methoxy groups -OCH3 is 1. The Morgan fingerprint density at radius 2 is 1.86 bits per heavy atom. The summed E-state index contributed by atoms with van der Waals surface area (Å²) in [7, 11) is 1.59. The molecule has 3 N–H and O–H groups in total. The number of carbonyl (C=O) groups excluding carboxylic acids is 2. The van der Waals surface area contributed by atoms with Gasteiger partial charge in [0.25, 0.3) is 0 Å². The van der Waals surface area contributed by atoms with Gasteiger partial charge in [-0.3, -0.25) is 14.3 Å². The van der Waals surface area contributed by atoms with Gasteiger partial charge >= 0.3 is 0 Å². The second-order valence-corrected chi connectivity index (χ2v) is 6.98. The van der Waals surface area contributed by atoms with Crippen LogP contribution in [0.25, 0.3) is 0 Å². The topological polar surface area (TPSA) is 97.3 Å². The molecule has 3 rings (SSSR count). The molecule has 0 saturated carbocycles. The monoisotopic (exact) mass is 385 g/mol. The first-order valence-corrected chi connectivity index (χ1v) is 9.59. The van der Waals surface area contributed by atoms with Gasteiger partial charge in [0.05, 0.1) is 19.0 Å². The highest BCUT2D eigenvalue weighted by atomic mass is 16.5. The minimum absolute atomic E-state index is 0.0132. The van der Waals surface area contributed by atoms with Gasteiger partial charge in [-0.1, -0.05) is 0 Å². The van der Waals surface area contributed by atoms with Crippen molar-refractivity contribution in [2.45, 2.75) is 32.2 Å². The van der Waals surface area contributed by atoms with E-state index in [1.807, 2.05) is 0 Å². The zero-order valence-corrected chi connectivity index (χ0v) is 16.1. The average molecular weight is 385 g/mol. The maximum absolute atomic E-state index is 12.1. The van der Waals surface area contributed by atoms with E-state index in [0.717, 1.165) is 38.1 Å². The van der Waals surface area contributed by atoms with Crippen LogP contribution >= 0.6 is 0 Å². The third-order valence-electron chi connectivity index (χ3n) is 4.83. The Morgan fingerprint density at radius 1 is 1.14 bits per heavy atom. The number of ether oxygens (including phenoxy) is 1. The van der Waals surface area contributed by atoms with E-state index in [1.54, 1.807) is 43.8 Å². The van der Waals surface area contributed by atoms with Crippen LogP contribution in [0.5, 0.6) is 5.75 Å². The predicted molar refractivity (Wildman–Crippen MR) is 107 cm³/mol. The molecule has 1 fully saturated rings. The third-order valence-corrected chi connectivity index (χ3v) is 4.83. The highest BCUT2D eigenvalue weighted by Gasteiger charge is 2.15. The third kappa shape index (κ3) is 6.09. The number of piperidine rings is 1. The molecule has 8 heteroatoms. The number of amides is 2. The fourth-order valence-corrected chi connectivity index (χ4v) is 3.27. The fraction of sp³-hybridized carbons (Fsp3) is 0.450. The number of hydrogen-bond donors (Lipinski definition) is 3. The minimum atomic E-state index is -0.197. The fourth-order valence-electron chi connectivity index (χ4n) is 3.27. The largest absolute Gasteiger partial charge is 0.497 e.